The third-order valence-corrected chi connectivity index (χ3v) is 7.56. The molecule has 3 heterocycles. The highest BCUT2D eigenvalue weighted by Gasteiger charge is 2.42. The fourth-order valence-corrected chi connectivity index (χ4v) is 5.98. The summed E-state index contributed by atoms with van der Waals surface area (Å²) >= 11 is 4.67. The van der Waals surface area contributed by atoms with Crippen LogP contribution < -0.4 is 4.74 Å². The number of rotatable bonds is 2. The molecule has 2 aromatic rings. The number of hydrogen-bond acceptors (Lipinski definition) is 6. The van der Waals surface area contributed by atoms with Gasteiger partial charge in [-0.1, -0.05) is 0 Å². The maximum absolute atomic E-state index is 12.5. The monoisotopic (exact) mass is 511 g/mol. The second kappa shape index (κ2) is 7.06. The molecule has 11 heteroatoms. The maximum atomic E-state index is 12.5. The van der Waals surface area contributed by atoms with Gasteiger partial charge >= 0.3 is 12.1 Å². The molecule has 1 aliphatic carbocycles. The first kappa shape index (κ1) is 20.5. The van der Waals surface area contributed by atoms with Gasteiger partial charge in [0.1, 0.15) is 5.75 Å². The van der Waals surface area contributed by atoms with E-state index in [0.717, 1.165) is 27.3 Å². The Balaban J connectivity index is 1.40. The predicted octanol–water partition coefficient (Wildman–Crippen LogP) is 4.28. The molecule has 0 amide bonds. The van der Waals surface area contributed by atoms with E-state index in [9.17, 15) is 22.8 Å². The van der Waals surface area contributed by atoms with Gasteiger partial charge in [-0.2, -0.15) is 13.2 Å². The molecule has 5 rings (SSSR count). The number of alkyl halides is 3. The van der Waals surface area contributed by atoms with Crippen LogP contribution in [0, 0.1) is 5.41 Å². The number of H-pyrrole nitrogens is 1. The second-order valence-corrected chi connectivity index (χ2v) is 9.67. The molecule has 6 nitrogen and oxygen atoms in total. The molecule has 0 spiro atoms. The largest absolute Gasteiger partial charge is 0.491 e. The number of carbonyl (C=O) groups excluding carboxylic acids is 2. The van der Waals surface area contributed by atoms with Gasteiger partial charge in [0.25, 0.3) is 0 Å². The number of halogens is 4. The van der Waals surface area contributed by atoms with Crippen molar-refractivity contribution >= 4 is 50.9 Å². The van der Waals surface area contributed by atoms with Crippen LogP contribution in [0.5, 0.6) is 5.75 Å². The fourth-order valence-electron chi connectivity index (χ4n) is 4.13. The number of fused-ring (bicyclic) bond motifs is 1. The first-order valence-corrected chi connectivity index (χ1v) is 11.0. The summed E-state index contributed by atoms with van der Waals surface area (Å²) in [7, 11) is 0. The summed E-state index contributed by atoms with van der Waals surface area (Å²) in [6, 6.07) is 3.01. The minimum absolute atomic E-state index is 0.00251. The van der Waals surface area contributed by atoms with E-state index in [0.29, 0.717) is 18.5 Å². The van der Waals surface area contributed by atoms with Gasteiger partial charge < -0.3 is 15.1 Å². The smallest absolute Gasteiger partial charge is 0.419 e. The molecule has 1 aromatic carbocycles. The van der Waals surface area contributed by atoms with Gasteiger partial charge in [-0.05, 0) is 52.0 Å². The number of ketones is 1. The Kier molecular flexibility index (Phi) is 4.67. The van der Waals surface area contributed by atoms with E-state index in [-0.39, 0.29) is 39.4 Å². The zero-order valence-corrected chi connectivity index (χ0v) is 18.0. The van der Waals surface area contributed by atoms with E-state index in [1.165, 1.54) is 17.8 Å². The summed E-state index contributed by atoms with van der Waals surface area (Å²) in [5, 5.41) is 7.97. The molecule has 160 valence electrons. The Bertz CT molecular complexity index is 1200. The molecule has 0 fully saturated rings. The van der Waals surface area contributed by atoms with Crippen LogP contribution >= 0.6 is 27.7 Å². The molecule has 2 atom stereocenters. The van der Waals surface area contributed by atoms with Crippen molar-refractivity contribution in [2.45, 2.75) is 41.6 Å². The van der Waals surface area contributed by atoms with Gasteiger partial charge in [0.2, 0.25) is 5.78 Å². The summed E-state index contributed by atoms with van der Waals surface area (Å²) < 4.78 is 42.4. The summed E-state index contributed by atoms with van der Waals surface area (Å²) in [4.78, 5) is 31.9. The normalized spacial score (nSPS) is 22.1. The van der Waals surface area contributed by atoms with Crippen molar-refractivity contribution in [2.75, 3.05) is 0 Å². The third kappa shape index (κ3) is 3.43. The number of carbonyl (C=O) groups is 2. The van der Waals surface area contributed by atoms with Gasteiger partial charge in [-0.15, -0.1) is 11.8 Å². The van der Waals surface area contributed by atoms with Crippen molar-refractivity contribution in [3.8, 4) is 5.75 Å². The Hall–Kier alpha value is -2.40. The van der Waals surface area contributed by atoms with Crippen LogP contribution in [-0.4, -0.2) is 45.6 Å². The second-order valence-electron chi connectivity index (χ2n) is 7.53. The number of Topliss-reactive ketones (excluding diaryl/α,β-unsaturated/α-hetero) is 1. The van der Waals surface area contributed by atoms with Crippen LogP contribution in [-0.2, 0) is 17.6 Å². The lowest BCUT2D eigenvalue weighted by atomic mass is 9.85. The number of benzene rings is 1. The van der Waals surface area contributed by atoms with Crippen molar-refractivity contribution in [1.29, 1.82) is 5.41 Å². The van der Waals surface area contributed by atoms with E-state index in [4.69, 9.17) is 10.4 Å². The minimum atomic E-state index is -5.07. The van der Waals surface area contributed by atoms with Gasteiger partial charge in [-0.3, -0.25) is 9.79 Å². The Morgan fingerprint density at radius 2 is 2.06 bits per heavy atom. The van der Waals surface area contributed by atoms with Gasteiger partial charge in [-0.25, -0.2) is 4.79 Å². The molecule has 1 aromatic heterocycles. The van der Waals surface area contributed by atoms with Crippen molar-refractivity contribution in [3.63, 3.8) is 0 Å². The van der Waals surface area contributed by atoms with E-state index >= 15 is 0 Å². The van der Waals surface area contributed by atoms with Gasteiger partial charge in [0.05, 0.1) is 27.6 Å². The van der Waals surface area contributed by atoms with Crippen molar-refractivity contribution in [3.05, 3.63) is 45.2 Å². The third-order valence-electron chi connectivity index (χ3n) is 5.52. The molecule has 2 aliphatic heterocycles. The maximum Gasteiger partial charge on any atom is 0.491 e. The number of hydrogen-bond donors (Lipinski definition) is 2. The number of ether oxygens (including phenoxy) is 1. The van der Waals surface area contributed by atoms with E-state index in [1.807, 2.05) is 0 Å². The number of nitrogens with zero attached hydrogens (tertiary/aromatic N) is 1. The molecule has 0 saturated carbocycles. The standard InChI is InChI=1S/C20H13BrF3N3O3S/c21-9-1-7-3-15(31-14(7)5-13(9)30-19(29)20(22,23)24)11-2-8-6-26-17-16(8)12(27-11)4-10(25)18(17)28/h1,5-6,11,15,25-26H,2-4H2. The van der Waals surface area contributed by atoms with Crippen molar-refractivity contribution in [1.82, 2.24) is 4.98 Å². The topological polar surface area (TPSA) is 95.4 Å². The van der Waals surface area contributed by atoms with Gasteiger partial charge in [0.15, 0.2) is 0 Å². The van der Waals surface area contributed by atoms with Crippen molar-refractivity contribution < 1.29 is 27.5 Å². The molecule has 0 saturated heterocycles. The van der Waals surface area contributed by atoms with Crippen LogP contribution in [0.15, 0.2) is 32.7 Å². The van der Waals surface area contributed by atoms with Gasteiger partial charge in [0, 0.05) is 28.3 Å². The van der Waals surface area contributed by atoms with Crippen LogP contribution in [0.25, 0.3) is 0 Å². The molecule has 2 unspecified atom stereocenters. The Morgan fingerprint density at radius 3 is 2.81 bits per heavy atom. The van der Waals surface area contributed by atoms with Crippen LogP contribution in [0.3, 0.4) is 0 Å². The number of nitrogens with one attached hydrogen (secondary N) is 2. The van der Waals surface area contributed by atoms with Crippen molar-refractivity contribution in [2.24, 2.45) is 4.99 Å². The summed E-state index contributed by atoms with van der Waals surface area (Å²) in [6.07, 6.45) is -1.81. The zero-order chi connectivity index (χ0) is 22.1. The lowest BCUT2D eigenvalue weighted by molar-refractivity contribution is -0.189. The average molecular weight is 512 g/mol. The quantitative estimate of drug-likeness (QED) is 0.464. The number of esters is 1. The molecule has 0 bridgehead atoms. The minimum Gasteiger partial charge on any atom is -0.419 e. The first-order valence-electron chi connectivity index (χ1n) is 9.29. The molecule has 3 aliphatic rings. The fraction of sp³-hybridized carbons (Fsp3) is 0.300. The lowest BCUT2D eigenvalue weighted by Crippen LogP contribution is -2.34. The predicted molar refractivity (Wildman–Crippen MR) is 111 cm³/mol. The van der Waals surface area contributed by atoms with E-state index in [1.54, 1.807) is 12.3 Å². The van der Waals surface area contributed by atoms with Crippen LogP contribution in [0.2, 0.25) is 0 Å². The molecular formula is C20H13BrF3N3O3S. The Morgan fingerprint density at radius 1 is 1.29 bits per heavy atom. The highest BCUT2D eigenvalue weighted by molar-refractivity contribution is 9.10. The highest BCUT2D eigenvalue weighted by atomic mass is 79.9. The summed E-state index contributed by atoms with van der Waals surface area (Å²) in [5.41, 5.74) is 3.88. The molecular weight excluding hydrogens is 499 g/mol. The lowest BCUT2D eigenvalue weighted by Gasteiger charge is -2.27. The molecule has 0 radical (unpaired) electrons. The van der Waals surface area contributed by atoms with E-state index < -0.39 is 12.1 Å². The summed E-state index contributed by atoms with van der Waals surface area (Å²) in [6.45, 7) is 0. The van der Waals surface area contributed by atoms with Crippen LogP contribution in [0.1, 0.15) is 33.6 Å². The van der Waals surface area contributed by atoms with Crippen LogP contribution in [0.4, 0.5) is 13.2 Å². The highest BCUT2D eigenvalue weighted by Crippen LogP contribution is 2.45. The Labute approximate surface area is 186 Å². The van der Waals surface area contributed by atoms with E-state index in [2.05, 4.69) is 25.7 Å². The molecule has 2 N–H and O–H groups in total. The SMILES string of the molecule is N=C1CC2=NC(C3Cc4cc(Br)c(OC(=O)C(F)(F)F)cc4S3)Cc3c[nH]c(c32)C1=O. The zero-order valence-electron chi connectivity index (χ0n) is 15.6. The average Bonchev–Trinajstić information content (AvgIpc) is 3.30. The first-order chi connectivity index (χ1) is 14.6. The number of aromatic nitrogens is 1. The number of aromatic amines is 1. The number of thioether (sulfide) groups is 1. The molecule has 31 heavy (non-hydrogen) atoms. The summed E-state index contributed by atoms with van der Waals surface area (Å²) in [5.74, 6) is -2.75. The number of aliphatic imine (C=N–C) groups is 1.